The molecule has 2 aromatic rings. The van der Waals surface area contributed by atoms with E-state index < -0.39 is 11.5 Å². The largest absolute Gasteiger partial charge is 0.464 e. The summed E-state index contributed by atoms with van der Waals surface area (Å²) in [6, 6.07) is 7.36. The fraction of sp³-hybridized carbons (Fsp3) is 0.353. The number of benzene rings is 1. The number of esters is 1. The van der Waals surface area contributed by atoms with Gasteiger partial charge in [-0.2, -0.15) is 0 Å². The Bertz CT molecular complexity index is 726. The predicted molar refractivity (Wildman–Crippen MR) is 95.1 cm³/mol. The van der Waals surface area contributed by atoms with Crippen molar-refractivity contribution in [2.24, 2.45) is 0 Å². The summed E-state index contributed by atoms with van der Waals surface area (Å²) < 4.78 is 4.95. The number of ether oxygens (including phenoxy) is 1. The van der Waals surface area contributed by atoms with Gasteiger partial charge in [0, 0.05) is 16.0 Å². The molecule has 0 fully saturated rings. The number of thiazole rings is 1. The van der Waals surface area contributed by atoms with Gasteiger partial charge in [0.1, 0.15) is 10.5 Å². The van der Waals surface area contributed by atoms with Crippen molar-refractivity contribution in [3.8, 4) is 10.6 Å². The summed E-state index contributed by atoms with van der Waals surface area (Å²) in [6.45, 7) is 5.23. The van der Waals surface area contributed by atoms with Gasteiger partial charge >= 0.3 is 5.97 Å². The lowest BCUT2D eigenvalue weighted by Crippen LogP contribution is -2.51. The van der Waals surface area contributed by atoms with E-state index in [2.05, 4.69) is 10.3 Å². The van der Waals surface area contributed by atoms with Crippen LogP contribution in [0.2, 0.25) is 5.02 Å². The molecular weight excluding hydrogens is 348 g/mol. The van der Waals surface area contributed by atoms with Crippen molar-refractivity contribution in [2.75, 3.05) is 6.61 Å². The van der Waals surface area contributed by atoms with E-state index in [-0.39, 0.29) is 18.9 Å². The van der Waals surface area contributed by atoms with Gasteiger partial charge in [-0.25, -0.2) is 9.78 Å². The monoisotopic (exact) mass is 366 g/mol. The van der Waals surface area contributed by atoms with Crippen LogP contribution >= 0.6 is 22.9 Å². The Labute approximate surface area is 150 Å². The number of hydrogen-bond acceptors (Lipinski definition) is 5. The molecule has 0 saturated carbocycles. The molecule has 1 heterocycles. The first-order valence-corrected chi connectivity index (χ1v) is 8.76. The average Bonchev–Trinajstić information content (AvgIpc) is 2.96. The Morgan fingerprint density at radius 3 is 2.58 bits per heavy atom. The van der Waals surface area contributed by atoms with Crippen LogP contribution in [0.5, 0.6) is 0 Å². The summed E-state index contributed by atoms with van der Waals surface area (Å²) in [4.78, 5) is 28.4. The lowest BCUT2D eigenvalue weighted by atomic mass is 10.1. The average molecular weight is 367 g/mol. The molecule has 0 bridgehead atoms. The number of carbonyl (C=O) groups is 2. The van der Waals surface area contributed by atoms with Gasteiger partial charge in [-0.05, 0) is 32.9 Å². The van der Waals surface area contributed by atoms with Gasteiger partial charge in [0.2, 0.25) is 5.91 Å². The zero-order valence-electron chi connectivity index (χ0n) is 13.8. The number of amides is 1. The molecule has 0 aliphatic heterocycles. The highest BCUT2D eigenvalue weighted by Gasteiger charge is 2.31. The summed E-state index contributed by atoms with van der Waals surface area (Å²) in [5, 5.41) is 6.00. The second kappa shape index (κ2) is 7.77. The molecule has 0 saturated heterocycles. The minimum absolute atomic E-state index is 0.104. The van der Waals surface area contributed by atoms with Gasteiger partial charge in [-0.3, -0.25) is 4.79 Å². The molecule has 1 N–H and O–H groups in total. The van der Waals surface area contributed by atoms with Crippen LogP contribution in [-0.4, -0.2) is 29.0 Å². The number of rotatable bonds is 6. The van der Waals surface area contributed by atoms with Crippen LogP contribution in [0.3, 0.4) is 0 Å². The van der Waals surface area contributed by atoms with Crippen molar-refractivity contribution in [1.29, 1.82) is 0 Å². The van der Waals surface area contributed by atoms with Crippen LogP contribution < -0.4 is 5.32 Å². The molecule has 7 heteroatoms. The van der Waals surface area contributed by atoms with E-state index in [9.17, 15) is 9.59 Å². The third kappa shape index (κ3) is 4.79. The number of halogens is 1. The Balaban J connectivity index is 2.00. The van der Waals surface area contributed by atoms with Gasteiger partial charge in [-0.15, -0.1) is 11.3 Å². The maximum atomic E-state index is 12.2. The van der Waals surface area contributed by atoms with Crippen LogP contribution in [0.1, 0.15) is 26.5 Å². The first-order chi connectivity index (χ1) is 11.3. The van der Waals surface area contributed by atoms with Crippen LogP contribution in [0.25, 0.3) is 10.6 Å². The quantitative estimate of drug-likeness (QED) is 0.795. The van der Waals surface area contributed by atoms with Crippen molar-refractivity contribution in [3.05, 3.63) is 40.4 Å². The molecule has 1 amide bonds. The van der Waals surface area contributed by atoms with E-state index >= 15 is 0 Å². The number of nitrogens with zero attached hydrogens (tertiary/aromatic N) is 1. The van der Waals surface area contributed by atoms with Crippen LogP contribution in [0, 0.1) is 0 Å². The lowest BCUT2D eigenvalue weighted by Gasteiger charge is -2.23. The van der Waals surface area contributed by atoms with Gasteiger partial charge in [0.25, 0.3) is 0 Å². The predicted octanol–water partition coefficient (Wildman–Crippen LogP) is 3.46. The molecule has 0 aliphatic rings. The normalized spacial score (nSPS) is 11.2. The second-order valence-corrected chi connectivity index (χ2v) is 7.02. The van der Waals surface area contributed by atoms with E-state index in [0.717, 1.165) is 10.6 Å². The number of aromatic nitrogens is 1. The van der Waals surface area contributed by atoms with Gasteiger partial charge in [0.15, 0.2) is 0 Å². The minimum atomic E-state index is -1.07. The number of nitrogens with one attached hydrogen (secondary N) is 1. The van der Waals surface area contributed by atoms with E-state index in [4.69, 9.17) is 16.3 Å². The van der Waals surface area contributed by atoms with Crippen molar-refractivity contribution in [2.45, 2.75) is 32.7 Å². The highest BCUT2D eigenvalue weighted by molar-refractivity contribution is 7.13. The molecule has 0 aliphatic carbocycles. The Kier molecular flexibility index (Phi) is 5.96. The summed E-state index contributed by atoms with van der Waals surface area (Å²) in [7, 11) is 0. The molecule has 1 aromatic heterocycles. The topological polar surface area (TPSA) is 68.3 Å². The summed E-state index contributed by atoms with van der Waals surface area (Å²) in [6.07, 6.45) is 0.104. The summed E-state index contributed by atoms with van der Waals surface area (Å²) in [5.74, 6) is -0.737. The van der Waals surface area contributed by atoms with Gasteiger partial charge < -0.3 is 10.1 Å². The standard InChI is InChI=1S/C17H19ClN2O3S/c1-4-23-16(22)17(2,3)20-14(21)9-13-10-24-15(19-13)11-5-7-12(18)8-6-11/h5-8,10H,4,9H2,1-3H3,(H,20,21). The van der Waals surface area contributed by atoms with E-state index in [1.54, 1.807) is 32.9 Å². The smallest absolute Gasteiger partial charge is 0.331 e. The fourth-order valence-corrected chi connectivity index (χ4v) is 2.98. The maximum absolute atomic E-state index is 12.2. The SMILES string of the molecule is CCOC(=O)C(C)(C)NC(=O)Cc1csc(-c2ccc(Cl)cc2)n1. The Morgan fingerprint density at radius 2 is 1.96 bits per heavy atom. The van der Waals surface area contributed by atoms with E-state index in [1.807, 2.05) is 17.5 Å². The lowest BCUT2D eigenvalue weighted by molar-refractivity contribution is -0.151. The molecule has 5 nitrogen and oxygen atoms in total. The summed E-state index contributed by atoms with van der Waals surface area (Å²) >= 11 is 7.33. The molecule has 0 atom stereocenters. The third-order valence-corrected chi connectivity index (χ3v) is 4.41. The van der Waals surface area contributed by atoms with Crippen LogP contribution in [0.15, 0.2) is 29.6 Å². The Hall–Kier alpha value is -1.92. The van der Waals surface area contributed by atoms with Crippen LogP contribution in [-0.2, 0) is 20.7 Å². The van der Waals surface area contributed by atoms with Crippen LogP contribution in [0.4, 0.5) is 0 Å². The van der Waals surface area contributed by atoms with Gasteiger partial charge in [0.05, 0.1) is 18.7 Å². The number of hydrogen-bond donors (Lipinski definition) is 1. The zero-order valence-corrected chi connectivity index (χ0v) is 15.3. The number of carbonyl (C=O) groups excluding carboxylic acids is 2. The highest BCUT2D eigenvalue weighted by atomic mass is 35.5. The molecule has 0 radical (unpaired) electrons. The maximum Gasteiger partial charge on any atom is 0.331 e. The van der Waals surface area contributed by atoms with Crippen molar-refractivity contribution >= 4 is 34.8 Å². The van der Waals surface area contributed by atoms with E-state index in [0.29, 0.717) is 10.7 Å². The second-order valence-electron chi connectivity index (χ2n) is 5.72. The fourth-order valence-electron chi connectivity index (χ4n) is 2.03. The molecule has 0 spiro atoms. The molecule has 24 heavy (non-hydrogen) atoms. The summed E-state index contributed by atoms with van der Waals surface area (Å²) in [5.41, 5.74) is 0.535. The van der Waals surface area contributed by atoms with Crippen molar-refractivity contribution in [3.63, 3.8) is 0 Å². The molecule has 0 unspecified atom stereocenters. The molecular formula is C17H19ClN2O3S. The van der Waals surface area contributed by atoms with Crippen molar-refractivity contribution in [1.82, 2.24) is 10.3 Å². The molecule has 128 valence electrons. The minimum Gasteiger partial charge on any atom is -0.464 e. The van der Waals surface area contributed by atoms with Crippen molar-refractivity contribution < 1.29 is 14.3 Å². The Morgan fingerprint density at radius 1 is 1.29 bits per heavy atom. The molecule has 1 aromatic carbocycles. The first kappa shape index (κ1) is 18.4. The van der Waals surface area contributed by atoms with Gasteiger partial charge in [-0.1, -0.05) is 23.7 Å². The third-order valence-electron chi connectivity index (χ3n) is 3.22. The zero-order chi connectivity index (χ0) is 17.7. The molecule has 2 rings (SSSR count). The first-order valence-electron chi connectivity index (χ1n) is 7.50. The van der Waals surface area contributed by atoms with E-state index in [1.165, 1.54) is 11.3 Å². The highest BCUT2D eigenvalue weighted by Crippen LogP contribution is 2.25.